The van der Waals surface area contributed by atoms with Crippen LogP contribution in [0.1, 0.15) is 19.8 Å². The van der Waals surface area contributed by atoms with E-state index in [4.69, 9.17) is 4.74 Å². The molecule has 1 unspecified atom stereocenters. The Kier molecular flexibility index (Phi) is 10.2. The second-order valence-electron chi connectivity index (χ2n) is 3.53. The zero-order valence-corrected chi connectivity index (χ0v) is 11.3. The van der Waals surface area contributed by atoms with Crippen molar-refractivity contribution in [1.82, 2.24) is 10.6 Å². The molecule has 1 aliphatic heterocycles. The first-order valence-electron chi connectivity index (χ1n) is 5.51. The van der Waals surface area contributed by atoms with Gasteiger partial charge < -0.3 is 10.1 Å². The molecule has 1 rings (SSSR count). The van der Waals surface area contributed by atoms with Crippen LogP contribution in [0.2, 0.25) is 0 Å². The Bertz CT molecular complexity index is 190. The maximum absolute atomic E-state index is 11.5. The van der Waals surface area contributed by atoms with Gasteiger partial charge in [-0.25, -0.2) is 0 Å². The van der Waals surface area contributed by atoms with E-state index in [9.17, 15) is 4.79 Å². The molecule has 1 fully saturated rings. The lowest BCUT2D eigenvalue weighted by Gasteiger charge is -2.10. The molecule has 0 aromatic carbocycles. The number of rotatable bonds is 7. The number of amides is 1. The highest BCUT2D eigenvalue weighted by Gasteiger charge is 2.21. The molecule has 0 aliphatic carbocycles. The highest BCUT2D eigenvalue weighted by molar-refractivity contribution is 7.99. The molecule has 2 N–H and O–H groups in total. The van der Waals surface area contributed by atoms with Crippen molar-refractivity contribution in [2.75, 3.05) is 31.4 Å². The van der Waals surface area contributed by atoms with Gasteiger partial charge >= 0.3 is 0 Å². The van der Waals surface area contributed by atoms with Gasteiger partial charge in [-0.3, -0.25) is 10.1 Å². The van der Waals surface area contributed by atoms with Gasteiger partial charge in [0.05, 0.1) is 12.6 Å². The van der Waals surface area contributed by atoms with E-state index in [2.05, 4.69) is 17.6 Å². The van der Waals surface area contributed by atoms with Crippen molar-refractivity contribution in [3.63, 3.8) is 0 Å². The van der Waals surface area contributed by atoms with E-state index in [-0.39, 0.29) is 24.4 Å². The maximum Gasteiger partial charge on any atom is 0.238 e. The van der Waals surface area contributed by atoms with E-state index in [1.807, 2.05) is 0 Å². The Morgan fingerprint density at radius 1 is 1.56 bits per heavy atom. The molecule has 0 radical (unpaired) electrons. The van der Waals surface area contributed by atoms with E-state index in [0.717, 1.165) is 31.1 Å². The van der Waals surface area contributed by atoms with Gasteiger partial charge in [-0.05, 0) is 6.42 Å². The highest BCUT2D eigenvalue weighted by atomic mass is 35.5. The number of ether oxygens (including phenoxy) is 1. The number of thioether (sulfide) groups is 1. The number of carbonyl (C=O) groups excluding carboxylic acids is 1. The van der Waals surface area contributed by atoms with Crippen LogP contribution in [0.25, 0.3) is 0 Å². The predicted octanol–water partition coefficient (Wildman–Crippen LogP) is 1.00. The number of carbonyl (C=O) groups is 1. The fourth-order valence-electron chi connectivity index (χ4n) is 1.28. The van der Waals surface area contributed by atoms with E-state index in [0.29, 0.717) is 13.2 Å². The monoisotopic (exact) mass is 268 g/mol. The molecule has 0 aromatic rings. The largest absolute Gasteiger partial charge is 0.380 e. The molecule has 1 amide bonds. The van der Waals surface area contributed by atoms with Gasteiger partial charge in [-0.1, -0.05) is 13.3 Å². The van der Waals surface area contributed by atoms with Crippen LogP contribution >= 0.6 is 24.2 Å². The van der Waals surface area contributed by atoms with E-state index in [1.165, 1.54) is 0 Å². The van der Waals surface area contributed by atoms with Crippen LogP contribution in [0.3, 0.4) is 0 Å². The molecular weight excluding hydrogens is 248 g/mol. The van der Waals surface area contributed by atoms with Crippen molar-refractivity contribution in [3.05, 3.63) is 0 Å². The Morgan fingerprint density at radius 2 is 2.38 bits per heavy atom. The summed E-state index contributed by atoms with van der Waals surface area (Å²) >= 11 is 1.76. The van der Waals surface area contributed by atoms with E-state index < -0.39 is 0 Å². The first-order valence-corrected chi connectivity index (χ1v) is 6.66. The van der Waals surface area contributed by atoms with Crippen LogP contribution in [0.15, 0.2) is 0 Å². The Balaban J connectivity index is 0.00000225. The number of halogens is 1. The van der Waals surface area contributed by atoms with Crippen LogP contribution in [-0.4, -0.2) is 43.3 Å². The van der Waals surface area contributed by atoms with Crippen LogP contribution in [-0.2, 0) is 9.53 Å². The third kappa shape index (κ3) is 6.58. The zero-order valence-electron chi connectivity index (χ0n) is 9.66. The lowest BCUT2D eigenvalue weighted by Crippen LogP contribution is -2.43. The second-order valence-corrected chi connectivity index (χ2v) is 4.56. The van der Waals surface area contributed by atoms with E-state index >= 15 is 0 Å². The predicted molar refractivity (Wildman–Crippen MR) is 70.2 cm³/mol. The lowest BCUT2D eigenvalue weighted by atomic mass is 10.3. The van der Waals surface area contributed by atoms with Gasteiger partial charge in [0.1, 0.15) is 0 Å². The summed E-state index contributed by atoms with van der Waals surface area (Å²) in [7, 11) is 0. The highest BCUT2D eigenvalue weighted by Crippen LogP contribution is 2.08. The van der Waals surface area contributed by atoms with Gasteiger partial charge in [0, 0.05) is 24.8 Å². The molecular formula is C10H21ClN2O2S. The fraction of sp³-hybridized carbons (Fsp3) is 0.900. The fourth-order valence-corrected chi connectivity index (χ4v) is 2.22. The smallest absolute Gasteiger partial charge is 0.238 e. The SMILES string of the molecule is CCCCOCCNC(=O)C1CSCN1.Cl. The minimum atomic E-state index is -0.00866. The first-order chi connectivity index (χ1) is 7.34. The van der Waals surface area contributed by atoms with Gasteiger partial charge in [0.15, 0.2) is 0 Å². The van der Waals surface area contributed by atoms with Crippen LogP contribution in [0, 0.1) is 0 Å². The molecule has 96 valence electrons. The Hall–Kier alpha value is 0.0300. The summed E-state index contributed by atoms with van der Waals surface area (Å²) in [4.78, 5) is 11.5. The third-order valence-corrected chi connectivity index (χ3v) is 3.16. The third-order valence-electron chi connectivity index (χ3n) is 2.22. The van der Waals surface area contributed by atoms with Crippen molar-refractivity contribution in [1.29, 1.82) is 0 Å². The lowest BCUT2D eigenvalue weighted by molar-refractivity contribution is -0.122. The van der Waals surface area contributed by atoms with Crippen molar-refractivity contribution >= 4 is 30.1 Å². The summed E-state index contributed by atoms with van der Waals surface area (Å²) in [6.45, 7) is 4.16. The van der Waals surface area contributed by atoms with Crippen molar-refractivity contribution < 1.29 is 9.53 Å². The molecule has 0 bridgehead atoms. The normalized spacial score (nSPS) is 19.2. The average Bonchev–Trinajstić information content (AvgIpc) is 2.76. The van der Waals surface area contributed by atoms with Gasteiger partial charge in [0.2, 0.25) is 5.91 Å². The second kappa shape index (κ2) is 10.2. The first kappa shape index (κ1) is 16.0. The molecule has 1 atom stereocenters. The molecule has 1 aliphatic rings. The average molecular weight is 269 g/mol. The molecule has 0 aromatic heterocycles. The Labute approximate surface area is 108 Å². The van der Waals surface area contributed by atoms with Gasteiger partial charge in [-0.2, -0.15) is 0 Å². The van der Waals surface area contributed by atoms with Crippen molar-refractivity contribution in [2.45, 2.75) is 25.8 Å². The van der Waals surface area contributed by atoms with Gasteiger partial charge in [0.25, 0.3) is 0 Å². The molecule has 4 nitrogen and oxygen atoms in total. The zero-order chi connectivity index (χ0) is 10.9. The number of hydrogen-bond acceptors (Lipinski definition) is 4. The molecule has 1 saturated heterocycles. The number of hydrogen-bond donors (Lipinski definition) is 2. The van der Waals surface area contributed by atoms with Crippen molar-refractivity contribution in [2.24, 2.45) is 0 Å². The van der Waals surface area contributed by atoms with E-state index in [1.54, 1.807) is 11.8 Å². The molecule has 1 heterocycles. The van der Waals surface area contributed by atoms with Gasteiger partial charge in [-0.15, -0.1) is 24.2 Å². The van der Waals surface area contributed by atoms with Crippen LogP contribution in [0.5, 0.6) is 0 Å². The minimum absolute atomic E-state index is 0. The topological polar surface area (TPSA) is 50.4 Å². The summed E-state index contributed by atoms with van der Waals surface area (Å²) in [6, 6.07) is -0.00866. The van der Waals surface area contributed by atoms with Crippen LogP contribution in [0.4, 0.5) is 0 Å². The maximum atomic E-state index is 11.5. The van der Waals surface area contributed by atoms with Crippen molar-refractivity contribution in [3.8, 4) is 0 Å². The summed E-state index contributed by atoms with van der Waals surface area (Å²) in [5, 5.41) is 5.99. The number of nitrogens with one attached hydrogen (secondary N) is 2. The summed E-state index contributed by atoms with van der Waals surface area (Å²) in [5.41, 5.74) is 0. The molecule has 0 spiro atoms. The quantitative estimate of drug-likeness (QED) is 0.677. The Morgan fingerprint density at radius 3 is 3.00 bits per heavy atom. The summed E-state index contributed by atoms with van der Waals surface area (Å²) in [6.07, 6.45) is 2.24. The molecule has 0 saturated carbocycles. The van der Waals surface area contributed by atoms with Crippen LogP contribution < -0.4 is 10.6 Å². The minimum Gasteiger partial charge on any atom is -0.380 e. The molecule has 6 heteroatoms. The summed E-state index contributed by atoms with van der Waals surface area (Å²) in [5.74, 6) is 1.85. The molecule has 16 heavy (non-hydrogen) atoms. The standard InChI is InChI=1S/C10H20N2O2S.ClH/c1-2-3-5-14-6-4-11-10(13)9-7-15-8-12-9;/h9,12H,2-8H2,1H3,(H,11,13);1H. The summed E-state index contributed by atoms with van der Waals surface area (Å²) < 4.78 is 5.35. The number of unbranched alkanes of at least 4 members (excludes halogenated alkanes) is 1.